The Balaban J connectivity index is 1.47. The third-order valence-electron chi connectivity index (χ3n) is 3.97. The summed E-state index contributed by atoms with van der Waals surface area (Å²) in [5.74, 6) is 0.902. The Morgan fingerprint density at radius 2 is 2.14 bits per heavy atom. The molecule has 21 heavy (non-hydrogen) atoms. The fourth-order valence-corrected chi connectivity index (χ4v) is 3.62. The number of nitrogens with zero attached hydrogens (tertiary/aromatic N) is 2. The van der Waals surface area contributed by atoms with Gasteiger partial charge < -0.3 is 10.6 Å². The van der Waals surface area contributed by atoms with Gasteiger partial charge in [0.2, 0.25) is 11.0 Å². The van der Waals surface area contributed by atoms with E-state index in [1.54, 1.807) is 11.3 Å². The zero-order valence-electron chi connectivity index (χ0n) is 11.5. The summed E-state index contributed by atoms with van der Waals surface area (Å²) < 4.78 is 0. The molecule has 1 aliphatic carbocycles. The lowest BCUT2D eigenvalue weighted by molar-refractivity contribution is -0.116. The first-order valence-corrected chi connectivity index (χ1v) is 8.07. The molecule has 1 aromatic carbocycles. The van der Waals surface area contributed by atoms with E-state index in [4.69, 9.17) is 0 Å². The van der Waals surface area contributed by atoms with Crippen LogP contribution in [0.5, 0.6) is 0 Å². The van der Waals surface area contributed by atoms with E-state index in [0.29, 0.717) is 18.9 Å². The molecule has 1 amide bonds. The summed E-state index contributed by atoms with van der Waals surface area (Å²) in [7, 11) is 0. The number of benzene rings is 1. The van der Waals surface area contributed by atoms with Crippen LogP contribution in [0.2, 0.25) is 0 Å². The number of amides is 1. The van der Waals surface area contributed by atoms with Crippen LogP contribution < -0.4 is 10.6 Å². The van der Waals surface area contributed by atoms with Gasteiger partial charge in [-0.3, -0.25) is 4.79 Å². The molecule has 1 saturated carbocycles. The highest BCUT2D eigenvalue weighted by Crippen LogP contribution is 2.42. The fourth-order valence-electron chi connectivity index (χ4n) is 2.70. The van der Waals surface area contributed by atoms with Crippen molar-refractivity contribution >= 4 is 28.1 Å². The van der Waals surface area contributed by atoms with E-state index in [2.05, 4.69) is 26.9 Å². The molecule has 5 nitrogen and oxygen atoms in total. The molecule has 0 unspecified atom stereocenters. The van der Waals surface area contributed by atoms with E-state index in [-0.39, 0.29) is 11.8 Å². The molecule has 1 aliphatic heterocycles. The molecule has 0 radical (unpaired) electrons. The molecule has 1 atom stereocenters. The van der Waals surface area contributed by atoms with Crippen molar-refractivity contribution < 1.29 is 4.79 Å². The summed E-state index contributed by atoms with van der Waals surface area (Å²) in [6.07, 6.45) is 2.99. The molecule has 0 bridgehead atoms. The molecule has 2 aromatic rings. The first-order chi connectivity index (χ1) is 10.3. The summed E-state index contributed by atoms with van der Waals surface area (Å²) in [6, 6.07) is 7.99. The summed E-state index contributed by atoms with van der Waals surface area (Å²) in [5.41, 5.74) is 2.12. The van der Waals surface area contributed by atoms with Crippen molar-refractivity contribution in [3.05, 3.63) is 34.8 Å². The number of para-hydroxylation sites is 1. The van der Waals surface area contributed by atoms with Gasteiger partial charge in [0.15, 0.2) is 0 Å². The molecule has 0 saturated heterocycles. The SMILES string of the molecule is O=C1C[C@@H](CNc2nnc(C3CC3)s2)c2ccccc2N1. The van der Waals surface area contributed by atoms with Crippen LogP contribution >= 0.6 is 11.3 Å². The zero-order chi connectivity index (χ0) is 14.2. The highest BCUT2D eigenvalue weighted by atomic mass is 32.1. The van der Waals surface area contributed by atoms with Gasteiger partial charge in [-0.2, -0.15) is 0 Å². The third kappa shape index (κ3) is 2.63. The average molecular weight is 300 g/mol. The van der Waals surface area contributed by atoms with E-state index in [9.17, 15) is 4.79 Å². The van der Waals surface area contributed by atoms with E-state index >= 15 is 0 Å². The number of aromatic nitrogens is 2. The molecule has 2 heterocycles. The monoisotopic (exact) mass is 300 g/mol. The smallest absolute Gasteiger partial charge is 0.225 e. The lowest BCUT2D eigenvalue weighted by atomic mass is 9.90. The molecular weight excluding hydrogens is 284 g/mol. The average Bonchev–Trinajstić information content (AvgIpc) is 3.24. The van der Waals surface area contributed by atoms with Gasteiger partial charge >= 0.3 is 0 Å². The maximum absolute atomic E-state index is 11.8. The highest BCUT2D eigenvalue weighted by molar-refractivity contribution is 7.15. The van der Waals surface area contributed by atoms with Crippen LogP contribution in [0.3, 0.4) is 0 Å². The van der Waals surface area contributed by atoms with Crippen LogP contribution in [0.4, 0.5) is 10.8 Å². The molecule has 1 fully saturated rings. The first kappa shape index (κ1) is 12.8. The van der Waals surface area contributed by atoms with Gasteiger partial charge in [-0.1, -0.05) is 29.5 Å². The van der Waals surface area contributed by atoms with Gasteiger partial charge in [0.05, 0.1) is 0 Å². The Morgan fingerprint density at radius 1 is 1.29 bits per heavy atom. The van der Waals surface area contributed by atoms with Crippen LogP contribution in [0, 0.1) is 0 Å². The normalized spacial score (nSPS) is 20.8. The van der Waals surface area contributed by atoms with Gasteiger partial charge in [0, 0.05) is 30.5 Å². The summed E-state index contributed by atoms with van der Waals surface area (Å²) in [5, 5.41) is 16.7. The third-order valence-corrected chi connectivity index (χ3v) is 5.02. The van der Waals surface area contributed by atoms with E-state index in [1.165, 1.54) is 18.4 Å². The molecule has 4 rings (SSSR count). The standard InChI is InChI=1S/C15H16N4OS/c20-13-7-10(11-3-1-2-4-12(11)17-13)8-16-15-19-18-14(21-15)9-5-6-9/h1-4,9-10H,5-8H2,(H,16,19)(H,17,20)/t10-/m0/s1. The van der Waals surface area contributed by atoms with Crippen molar-refractivity contribution in [2.45, 2.75) is 31.1 Å². The van der Waals surface area contributed by atoms with Crippen LogP contribution in [0.15, 0.2) is 24.3 Å². The highest BCUT2D eigenvalue weighted by Gasteiger charge is 2.28. The van der Waals surface area contributed by atoms with Crippen LogP contribution in [0.1, 0.15) is 41.7 Å². The predicted octanol–water partition coefficient (Wildman–Crippen LogP) is 2.95. The van der Waals surface area contributed by atoms with Crippen LogP contribution in [0.25, 0.3) is 0 Å². The maximum Gasteiger partial charge on any atom is 0.225 e. The second-order valence-corrected chi connectivity index (χ2v) is 6.65. The van der Waals surface area contributed by atoms with Crippen molar-refractivity contribution in [2.75, 3.05) is 17.2 Å². The molecular formula is C15H16N4OS. The Bertz CT molecular complexity index is 680. The van der Waals surface area contributed by atoms with Crippen molar-refractivity contribution in [3.8, 4) is 0 Å². The molecule has 108 valence electrons. The topological polar surface area (TPSA) is 66.9 Å². The summed E-state index contributed by atoms with van der Waals surface area (Å²) in [4.78, 5) is 11.8. The van der Waals surface area contributed by atoms with E-state index < -0.39 is 0 Å². The van der Waals surface area contributed by atoms with Crippen molar-refractivity contribution in [1.29, 1.82) is 0 Å². The Hall–Kier alpha value is -1.95. The summed E-state index contributed by atoms with van der Waals surface area (Å²) in [6.45, 7) is 0.712. The van der Waals surface area contributed by atoms with Crippen molar-refractivity contribution in [1.82, 2.24) is 10.2 Å². The minimum atomic E-state index is 0.0800. The van der Waals surface area contributed by atoms with Gasteiger partial charge in [0.25, 0.3) is 0 Å². The van der Waals surface area contributed by atoms with Crippen LogP contribution in [-0.2, 0) is 4.79 Å². The first-order valence-electron chi connectivity index (χ1n) is 7.25. The minimum absolute atomic E-state index is 0.0800. The second-order valence-electron chi connectivity index (χ2n) is 5.64. The quantitative estimate of drug-likeness (QED) is 0.911. The number of rotatable bonds is 4. The van der Waals surface area contributed by atoms with Crippen molar-refractivity contribution in [3.63, 3.8) is 0 Å². The second kappa shape index (κ2) is 5.11. The predicted molar refractivity (Wildman–Crippen MR) is 82.8 cm³/mol. The largest absolute Gasteiger partial charge is 0.359 e. The van der Waals surface area contributed by atoms with Gasteiger partial charge in [-0.05, 0) is 24.5 Å². The van der Waals surface area contributed by atoms with Crippen molar-refractivity contribution in [2.24, 2.45) is 0 Å². The molecule has 1 aromatic heterocycles. The number of hydrogen-bond acceptors (Lipinski definition) is 5. The zero-order valence-corrected chi connectivity index (χ0v) is 12.3. The summed E-state index contributed by atoms with van der Waals surface area (Å²) >= 11 is 1.64. The number of carbonyl (C=O) groups is 1. The van der Waals surface area contributed by atoms with Gasteiger partial charge in [-0.15, -0.1) is 10.2 Å². The Labute approximate surface area is 126 Å². The number of hydrogen-bond donors (Lipinski definition) is 2. The number of anilines is 2. The van der Waals surface area contributed by atoms with Gasteiger partial charge in [-0.25, -0.2) is 0 Å². The molecule has 6 heteroatoms. The minimum Gasteiger partial charge on any atom is -0.359 e. The number of fused-ring (bicyclic) bond motifs is 1. The van der Waals surface area contributed by atoms with E-state index in [0.717, 1.165) is 15.8 Å². The molecule has 2 aliphatic rings. The van der Waals surface area contributed by atoms with E-state index in [1.807, 2.05) is 18.2 Å². The van der Waals surface area contributed by atoms with Gasteiger partial charge in [0.1, 0.15) is 5.01 Å². The lowest BCUT2D eigenvalue weighted by Gasteiger charge is -2.25. The molecule has 2 N–H and O–H groups in total. The number of carbonyl (C=O) groups excluding carboxylic acids is 1. The van der Waals surface area contributed by atoms with Crippen LogP contribution in [-0.4, -0.2) is 22.6 Å². The number of nitrogens with one attached hydrogen (secondary N) is 2. The Kier molecular flexibility index (Phi) is 3.11. The molecule has 0 spiro atoms. The fraction of sp³-hybridized carbons (Fsp3) is 0.400. The Morgan fingerprint density at radius 3 is 3.00 bits per heavy atom. The maximum atomic E-state index is 11.8. The lowest BCUT2D eigenvalue weighted by Crippen LogP contribution is -2.26.